The number of piperazine rings is 1. The van der Waals surface area contributed by atoms with Crippen LogP contribution >= 0.6 is 0 Å². The van der Waals surface area contributed by atoms with Gasteiger partial charge in [0.25, 0.3) is 0 Å². The van der Waals surface area contributed by atoms with Gasteiger partial charge in [-0.2, -0.15) is 4.31 Å². The van der Waals surface area contributed by atoms with Gasteiger partial charge in [0.15, 0.2) is 0 Å². The Labute approximate surface area is 119 Å². The van der Waals surface area contributed by atoms with E-state index in [1.54, 1.807) is 4.90 Å². The van der Waals surface area contributed by atoms with Gasteiger partial charge in [0.1, 0.15) is 0 Å². The molecule has 2 saturated heterocycles. The third-order valence-electron chi connectivity index (χ3n) is 3.73. The van der Waals surface area contributed by atoms with Crippen LogP contribution < -0.4 is 5.32 Å². The van der Waals surface area contributed by atoms with Gasteiger partial charge in [-0.1, -0.05) is 6.92 Å². The first-order valence-corrected chi connectivity index (χ1v) is 8.58. The molecule has 0 aromatic rings. The number of nitrogens with zero attached hydrogens (tertiary/aromatic N) is 2. The lowest BCUT2D eigenvalue weighted by atomic mass is 10.1. The third-order valence-corrected chi connectivity index (χ3v) is 5.81. The van der Waals surface area contributed by atoms with Crippen molar-refractivity contribution in [3.8, 4) is 0 Å². The van der Waals surface area contributed by atoms with E-state index in [0.717, 1.165) is 0 Å². The zero-order valence-electron chi connectivity index (χ0n) is 11.7. The highest BCUT2D eigenvalue weighted by molar-refractivity contribution is 7.89. The standard InChI is InChI=1S/C12H21N3O4S/c1-2-7-20(18,19)15-5-3-14(4-6-15)12(17)10-8-11(16)13-9-10/h10H,2-9H2,1H3,(H,13,16). The lowest BCUT2D eigenvalue weighted by Gasteiger charge is -2.35. The fraction of sp³-hybridized carbons (Fsp3) is 0.833. The van der Waals surface area contributed by atoms with Gasteiger partial charge < -0.3 is 10.2 Å². The topological polar surface area (TPSA) is 86.8 Å². The highest BCUT2D eigenvalue weighted by Gasteiger charge is 2.34. The lowest BCUT2D eigenvalue weighted by Crippen LogP contribution is -2.52. The van der Waals surface area contributed by atoms with Gasteiger partial charge in [-0.05, 0) is 6.42 Å². The Hall–Kier alpha value is -1.15. The van der Waals surface area contributed by atoms with E-state index in [-0.39, 0.29) is 29.9 Å². The summed E-state index contributed by atoms with van der Waals surface area (Å²) in [5, 5.41) is 2.65. The van der Waals surface area contributed by atoms with E-state index in [4.69, 9.17) is 0 Å². The Balaban J connectivity index is 1.88. The first-order chi connectivity index (χ1) is 9.44. The van der Waals surface area contributed by atoms with E-state index in [1.807, 2.05) is 6.92 Å². The molecule has 2 aliphatic heterocycles. The van der Waals surface area contributed by atoms with Crippen molar-refractivity contribution in [3.63, 3.8) is 0 Å². The van der Waals surface area contributed by atoms with Crippen molar-refractivity contribution in [1.82, 2.24) is 14.5 Å². The van der Waals surface area contributed by atoms with Crippen LogP contribution in [0.4, 0.5) is 0 Å². The Morgan fingerprint density at radius 2 is 1.95 bits per heavy atom. The molecule has 7 nitrogen and oxygen atoms in total. The Morgan fingerprint density at radius 3 is 2.45 bits per heavy atom. The monoisotopic (exact) mass is 303 g/mol. The molecule has 0 spiro atoms. The van der Waals surface area contributed by atoms with E-state index in [1.165, 1.54) is 4.31 Å². The molecule has 2 fully saturated rings. The zero-order valence-corrected chi connectivity index (χ0v) is 12.5. The Morgan fingerprint density at radius 1 is 1.30 bits per heavy atom. The molecule has 0 saturated carbocycles. The first kappa shape index (κ1) is 15.2. The number of rotatable bonds is 4. The number of amides is 2. The molecular weight excluding hydrogens is 282 g/mol. The molecule has 1 N–H and O–H groups in total. The van der Waals surface area contributed by atoms with Gasteiger partial charge in [-0.15, -0.1) is 0 Å². The fourth-order valence-corrected chi connectivity index (χ4v) is 4.11. The quantitative estimate of drug-likeness (QED) is 0.722. The van der Waals surface area contributed by atoms with Gasteiger partial charge >= 0.3 is 0 Å². The molecule has 2 amide bonds. The maximum absolute atomic E-state index is 12.2. The van der Waals surface area contributed by atoms with E-state index in [9.17, 15) is 18.0 Å². The van der Waals surface area contributed by atoms with Gasteiger partial charge in [0.05, 0.1) is 11.7 Å². The van der Waals surface area contributed by atoms with Crippen molar-refractivity contribution in [2.75, 3.05) is 38.5 Å². The summed E-state index contributed by atoms with van der Waals surface area (Å²) in [5.41, 5.74) is 0. The average molecular weight is 303 g/mol. The predicted octanol–water partition coefficient (Wildman–Crippen LogP) is -0.993. The minimum absolute atomic E-state index is 0.0455. The van der Waals surface area contributed by atoms with Gasteiger partial charge in [-0.3, -0.25) is 9.59 Å². The third kappa shape index (κ3) is 3.29. The van der Waals surface area contributed by atoms with E-state index >= 15 is 0 Å². The van der Waals surface area contributed by atoms with Crippen LogP contribution in [0, 0.1) is 5.92 Å². The SMILES string of the molecule is CCCS(=O)(=O)N1CCN(C(=O)C2CNC(=O)C2)CC1. The van der Waals surface area contributed by atoms with Gasteiger partial charge in [0, 0.05) is 39.1 Å². The number of carbonyl (C=O) groups is 2. The number of sulfonamides is 1. The molecule has 0 aromatic heterocycles. The van der Waals surface area contributed by atoms with Crippen LogP contribution in [0.25, 0.3) is 0 Å². The lowest BCUT2D eigenvalue weighted by molar-refractivity contribution is -0.136. The molecule has 0 bridgehead atoms. The molecule has 0 radical (unpaired) electrons. The van der Waals surface area contributed by atoms with Crippen molar-refractivity contribution < 1.29 is 18.0 Å². The molecule has 1 atom stereocenters. The summed E-state index contributed by atoms with van der Waals surface area (Å²) in [6, 6.07) is 0. The van der Waals surface area contributed by atoms with Crippen LogP contribution in [0.2, 0.25) is 0 Å². The summed E-state index contributed by atoms with van der Waals surface area (Å²) in [5.74, 6) is -0.271. The molecule has 0 aliphatic carbocycles. The molecule has 8 heteroatoms. The molecule has 2 heterocycles. The van der Waals surface area contributed by atoms with Gasteiger partial charge in [-0.25, -0.2) is 8.42 Å². The minimum atomic E-state index is -3.18. The maximum Gasteiger partial charge on any atom is 0.228 e. The molecule has 0 aromatic carbocycles. The summed E-state index contributed by atoms with van der Waals surface area (Å²) in [4.78, 5) is 25.0. The molecule has 2 aliphatic rings. The Bertz CT molecular complexity index is 483. The van der Waals surface area contributed by atoms with E-state index < -0.39 is 10.0 Å². The normalized spacial score (nSPS) is 24.8. The van der Waals surface area contributed by atoms with Crippen LogP contribution in [0.3, 0.4) is 0 Å². The van der Waals surface area contributed by atoms with Crippen molar-refractivity contribution >= 4 is 21.8 Å². The van der Waals surface area contributed by atoms with Crippen molar-refractivity contribution in [2.45, 2.75) is 19.8 Å². The molecule has 114 valence electrons. The first-order valence-electron chi connectivity index (χ1n) is 6.97. The van der Waals surface area contributed by atoms with Gasteiger partial charge in [0.2, 0.25) is 21.8 Å². The van der Waals surface area contributed by atoms with Crippen LogP contribution in [-0.4, -0.2) is 67.9 Å². The fourth-order valence-electron chi connectivity index (χ4n) is 2.61. The summed E-state index contributed by atoms with van der Waals surface area (Å²) >= 11 is 0. The highest BCUT2D eigenvalue weighted by Crippen LogP contribution is 2.16. The van der Waals surface area contributed by atoms with Crippen molar-refractivity contribution in [3.05, 3.63) is 0 Å². The molecular formula is C12H21N3O4S. The largest absolute Gasteiger partial charge is 0.355 e. The second-order valence-electron chi connectivity index (χ2n) is 5.25. The van der Waals surface area contributed by atoms with Crippen LogP contribution in [0.1, 0.15) is 19.8 Å². The molecule has 1 unspecified atom stereocenters. The van der Waals surface area contributed by atoms with Crippen LogP contribution in [-0.2, 0) is 19.6 Å². The molecule has 2 rings (SSSR count). The smallest absolute Gasteiger partial charge is 0.228 e. The molecule has 20 heavy (non-hydrogen) atoms. The summed E-state index contributed by atoms with van der Waals surface area (Å²) in [6.07, 6.45) is 0.838. The van der Waals surface area contributed by atoms with Crippen LogP contribution in [0.15, 0.2) is 0 Å². The highest BCUT2D eigenvalue weighted by atomic mass is 32.2. The van der Waals surface area contributed by atoms with E-state index in [0.29, 0.717) is 39.1 Å². The maximum atomic E-state index is 12.2. The number of nitrogens with one attached hydrogen (secondary N) is 1. The number of hydrogen-bond acceptors (Lipinski definition) is 4. The second kappa shape index (κ2) is 6.09. The summed E-state index contributed by atoms with van der Waals surface area (Å²) in [7, 11) is -3.18. The summed E-state index contributed by atoms with van der Waals surface area (Å²) in [6.45, 7) is 3.75. The summed E-state index contributed by atoms with van der Waals surface area (Å²) < 4.78 is 25.3. The Kier molecular flexibility index (Phi) is 4.64. The average Bonchev–Trinajstić information content (AvgIpc) is 2.85. The van der Waals surface area contributed by atoms with E-state index in [2.05, 4.69) is 5.32 Å². The van der Waals surface area contributed by atoms with Crippen molar-refractivity contribution in [1.29, 1.82) is 0 Å². The second-order valence-corrected chi connectivity index (χ2v) is 7.33. The minimum Gasteiger partial charge on any atom is -0.355 e. The predicted molar refractivity (Wildman–Crippen MR) is 73.3 cm³/mol. The number of carbonyl (C=O) groups excluding carboxylic acids is 2. The zero-order chi connectivity index (χ0) is 14.8. The van der Waals surface area contributed by atoms with Crippen molar-refractivity contribution in [2.24, 2.45) is 5.92 Å². The number of hydrogen-bond donors (Lipinski definition) is 1. The van der Waals surface area contributed by atoms with Crippen LogP contribution in [0.5, 0.6) is 0 Å².